The van der Waals surface area contributed by atoms with Crippen LogP contribution < -0.4 is 9.47 Å². The Bertz CT molecular complexity index is 757. The number of rotatable bonds is 4. The van der Waals surface area contributed by atoms with E-state index in [0.717, 1.165) is 40.2 Å². The number of furan rings is 1. The number of ether oxygens (including phenoxy) is 2. The van der Waals surface area contributed by atoms with Crippen LogP contribution in [0.4, 0.5) is 0 Å². The molecule has 21 heavy (non-hydrogen) atoms. The van der Waals surface area contributed by atoms with Gasteiger partial charge in [-0.2, -0.15) is 0 Å². The minimum atomic E-state index is 0.736. The summed E-state index contributed by atoms with van der Waals surface area (Å²) in [5.74, 6) is 2.44. The van der Waals surface area contributed by atoms with Gasteiger partial charge in [0.25, 0.3) is 0 Å². The summed E-state index contributed by atoms with van der Waals surface area (Å²) in [5.41, 5.74) is 3.21. The standard InChI is InChI=1S/C18H18O3/c1-12-15(9-13-7-5-4-6-8-13)18-16(20-3)10-14(19-2)11-17(18)21-12/h4-8,10-11H,9H2,1-3H3. The van der Waals surface area contributed by atoms with Crippen LogP contribution in [0.5, 0.6) is 11.5 Å². The molecule has 0 spiro atoms. The van der Waals surface area contributed by atoms with Crippen molar-refractivity contribution in [3.63, 3.8) is 0 Å². The first kappa shape index (κ1) is 13.6. The predicted octanol–water partition coefficient (Wildman–Crippen LogP) is 4.35. The van der Waals surface area contributed by atoms with Gasteiger partial charge in [-0.1, -0.05) is 30.3 Å². The predicted molar refractivity (Wildman–Crippen MR) is 83.3 cm³/mol. The van der Waals surface area contributed by atoms with Crippen LogP contribution in [0, 0.1) is 6.92 Å². The fourth-order valence-corrected chi connectivity index (χ4v) is 2.64. The van der Waals surface area contributed by atoms with E-state index >= 15 is 0 Å². The topological polar surface area (TPSA) is 31.6 Å². The maximum atomic E-state index is 5.90. The van der Waals surface area contributed by atoms with Crippen molar-refractivity contribution in [2.24, 2.45) is 0 Å². The molecule has 1 heterocycles. The molecule has 2 aromatic carbocycles. The Kier molecular flexibility index (Phi) is 3.57. The van der Waals surface area contributed by atoms with Crippen molar-refractivity contribution in [1.82, 2.24) is 0 Å². The molecule has 0 atom stereocenters. The average molecular weight is 282 g/mol. The molecule has 0 saturated heterocycles. The van der Waals surface area contributed by atoms with Crippen molar-refractivity contribution in [3.05, 3.63) is 59.4 Å². The SMILES string of the molecule is COc1cc(OC)c2c(Cc3ccccc3)c(C)oc2c1. The van der Waals surface area contributed by atoms with Crippen LogP contribution in [-0.2, 0) is 6.42 Å². The Labute approximate surface area is 124 Å². The zero-order valence-corrected chi connectivity index (χ0v) is 12.5. The lowest BCUT2D eigenvalue weighted by molar-refractivity contribution is 0.397. The molecule has 0 saturated carbocycles. The first-order valence-corrected chi connectivity index (χ1v) is 6.91. The Morgan fingerprint density at radius 2 is 1.76 bits per heavy atom. The molecular formula is C18H18O3. The van der Waals surface area contributed by atoms with Gasteiger partial charge in [0.1, 0.15) is 22.8 Å². The highest BCUT2D eigenvalue weighted by atomic mass is 16.5. The first-order valence-electron chi connectivity index (χ1n) is 6.91. The van der Waals surface area contributed by atoms with Gasteiger partial charge >= 0.3 is 0 Å². The lowest BCUT2D eigenvalue weighted by atomic mass is 10.0. The summed E-state index contributed by atoms with van der Waals surface area (Å²) < 4.78 is 16.7. The fourth-order valence-electron chi connectivity index (χ4n) is 2.64. The van der Waals surface area contributed by atoms with Crippen molar-refractivity contribution in [1.29, 1.82) is 0 Å². The second kappa shape index (κ2) is 5.52. The van der Waals surface area contributed by atoms with Gasteiger partial charge in [0.2, 0.25) is 0 Å². The molecular weight excluding hydrogens is 264 g/mol. The largest absolute Gasteiger partial charge is 0.496 e. The maximum absolute atomic E-state index is 5.90. The monoisotopic (exact) mass is 282 g/mol. The maximum Gasteiger partial charge on any atom is 0.141 e. The summed E-state index contributed by atoms with van der Waals surface area (Å²) in [6.07, 6.45) is 0.822. The number of benzene rings is 2. The van der Waals surface area contributed by atoms with Crippen molar-refractivity contribution in [2.45, 2.75) is 13.3 Å². The lowest BCUT2D eigenvalue weighted by Crippen LogP contribution is -1.92. The van der Waals surface area contributed by atoms with E-state index in [1.807, 2.05) is 37.3 Å². The van der Waals surface area contributed by atoms with Gasteiger partial charge in [-0.15, -0.1) is 0 Å². The van der Waals surface area contributed by atoms with E-state index in [0.29, 0.717) is 0 Å². The Hall–Kier alpha value is -2.42. The van der Waals surface area contributed by atoms with E-state index in [2.05, 4.69) is 12.1 Å². The second-order valence-electron chi connectivity index (χ2n) is 5.00. The summed E-state index contributed by atoms with van der Waals surface area (Å²) in [6, 6.07) is 14.2. The van der Waals surface area contributed by atoms with Crippen LogP contribution in [0.2, 0.25) is 0 Å². The van der Waals surface area contributed by atoms with E-state index in [4.69, 9.17) is 13.9 Å². The quantitative estimate of drug-likeness (QED) is 0.713. The van der Waals surface area contributed by atoms with Crippen LogP contribution in [0.25, 0.3) is 11.0 Å². The highest BCUT2D eigenvalue weighted by Crippen LogP contribution is 2.37. The summed E-state index contributed by atoms with van der Waals surface area (Å²) in [7, 11) is 3.31. The summed E-state index contributed by atoms with van der Waals surface area (Å²) in [4.78, 5) is 0. The summed E-state index contributed by atoms with van der Waals surface area (Å²) in [5, 5.41) is 1.03. The number of fused-ring (bicyclic) bond motifs is 1. The Morgan fingerprint density at radius 3 is 2.43 bits per heavy atom. The van der Waals surface area contributed by atoms with E-state index in [1.54, 1.807) is 14.2 Å². The lowest BCUT2D eigenvalue weighted by Gasteiger charge is -2.07. The van der Waals surface area contributed by atoms with E-state index in [-0.39, 0.29) is 0 Å². The molecule has 0 aliphatic carbocycles. The molecule has 0 amide bonds. The highest BCUT2D eigenvalue weighted by Gasteiger charge is 2.17. The number of methoxy groups -OCH3 is 2. The molecule has 0 aliphatic heterocycles. The molecule has 0 N–H and O–H groups in total. The molecule has 3 heteroatoms. The third-order valence-corrected chi connectivity index (χ3v) is 3.71. The van der Waals surface area contributed by atoms with Gasteiger partial charge in [-0.25, -0.2) is 0 Å². The third-order valence-electron chi connectivity index (χ3n) is 3.71. The van der Waals surface area contributed by atoms with Crippen LogP contribution in [0.15, 0.2) is 46.9 Å². The molecule has 0 bridgehead atoms. The van der Waals surface area contributed by atoms with Gasteiger partial charge < -0.3 is 13.9 Å². The van der Waals surface area contributed by atoms with Gasteiger partial charge in [0.05, 0.1) is 19.6 Å². The zero-order valence-electron chi connectivity index (χ0n) is 12.5. The molecule has 0 fully saturated rings. The molecule has 3 aromatic rings. The second-order valence-corrected chi connectivity index (χ2v) is 5.00. The zero-order chi connectivity index (χ0) is 14.8. The number of hydrogen-bond acceptors (Lipinski definition) is 3. The molecule has 0 aliphatic rings. The number of aryl methyl sites for hydroxylation is 1. The van der Waals surface area contributed by atoms with Crippen molar-refractivity contribution in [3.8, 4) is 11.5 Å². The van der Waals surface area contributed by atoms with Crippen LogP contribution in [-0.4, -0.2) is 14.2 Å². The summed E-state index contributed by atoms with van der Waals surface area (Å²) in [6.45, 7) is 1.99. The minimum Gasteiger partial charge on any atom is -0.496 e. The summed E-state index contributed by atoms with van der Waals surface area (Å²) >= 11 is 0. The third kappa shape index (κ3) is 2.47. The Morgan fingerprint density at radius 1 is 1.00 bits per heavy atom. The number of hydrogen-bond donors (Lipinski definition) is 0. The Balaban J connectivity index is 2.16. The first-order chi connectivity index (χ1) is 10.2. The normalized spacial score (nSPS) is 10.8. The van der Waals surface area contributed by atoms with Gasteiger partial charge in [0, 0.05) is 24.1 Å². The molecule has 3 rings (SSSR count). The molecule has 3 nitrogen and oxygen atoms in total. The van der Waals surface area contributed by atoms with Gasteiger partial charge in [0.15, 0.2) is 0 Å². The van der Waals surface area contributed by atoms with E-state index < -0.39 is 0 Å². The van der Waals surface area contributed by atoms with Crippen molar-refractivity contribution in [2.75, 3.05) is 14.2 Å². The fraction of sp³-hybridized carbons (Fsp3) is 0.222. The van der Waals surface area contributed by atoms with E-state index in [1.165, 1.54) is 5.56 Å². The van der Waals surface area contributed by atoms with Crippen LogP contribution in [0.3, 0.4) is 0 Å². The molecule has 0 unspecified atom stereocenters. The molecule has 0 radical (unpaired) electrons. The van der Waals surface area contributed by atoms with Gasteiger partial charge in [-0.05, 0) is 12.5 Å². The molecule has 1 aromatic heterocycles. The van der Waals surface area contributed by atoms with Crippen LogP contribution >= 0.6 is 0 Å². The van der Waals surface area contributed by atoms with Crippen LogP contribution in [0.1, 0.15) is 16.9 Å². The molecule has 108 valence electrons. The van der Waals surface area contributed by atoms with Crippen molar-refractivity contribution >= 4 is 11.0 Å². The smallest absolute Gasteiger partial charge is 0.141 e. The average Bonchev–Trinajstić information content (AvgIpc) is 2.83. The van der Waals surface area contributed by atoms with E-state index in [9.17, 15) is 0 Å². The van der Waals surface area contributed by atoms with Crippen molar-refractivity contribution < 1.29 is 13.9 Å². The minimum absolute atomic E-state index is 0.736. The highest BCUT2D eigenvalue weighted by molar-refractivity contribution is 5.90. The van der Waals surface area contributed by atoms with Gasteiger partial charge in [-0.3, -0.25) is 0 Å².